The number of amides is 3. The van der Waals surface area contributed by atoms with E-state index in [0.29, 0.717) is 36.5 Å². The molecule has 0 aliphatic rings. The van der Waals surface area contributed by atoms with Gasteiger partial charge in [-0.1, -0.05) is 60.8 Å². The van der Waals surface area contributed by atoms with Crippen molar-refractivity contribution < 1.29 is 14.3 Å². The molecule has 3 rings (SSSR count). The minimum absolute atomic E-state index is 0.252. The van der Waals surface area contributed by atoms with Gasteiger partial charge in [0.25, 0.3) is 0 Å². The van der Waals surface area contributed by atoms with Crippen LogP contribution in [-0.4, -0.2) is 52.4 Å². The van der Waals surface area contributed by atoms with Crippen LogP contribution >= 0.6 is 12.8 Å². The Morgan fingerprint density at radius 1 is 0.846 bits per heavy atom. The molecule has 3 aromatic rings. The van der Waals surface area contributed by atoms with Crippen molar-refractivity contribution in [1.82, 2.24) is 14.5 Å². The standard InChI is InChI=1S/C31H40N4O3S/c1-22(2)34(23(3)4)20-19-32-30(36)29(21-25-9-7-6-8-10-25)35(39)31(37)33-26-13-17-28(18-14-26)38-27-15-11-24(5)12-16-27/h6-18,22-23,29,39H,19-21H2,1-5H3,(H,32,36)(H,33,37). The van der Waals surface area contributed by atoms with Gasteiger partial charge in [-0.2, -0.15) is 0 Å². The Morgan fingerprint density at radius 3 is 1.97 bits per heavy atom. The molecule has 1 unspecified atom stereocenters. The molecule has 0 aliphatic heterocycles. The average molecular weight is 549 g/mol. The summed E-state index contributed by atoms with van der Waals surface area (Å²) in [6.07, 6.45) is 0.338. The van der Waals surface area contributed by atoms with Gasteiger partial charge in [0.15, 0.2) is 0 Å². The fraction of sp³-hybridized carbons (Fsp3) is 0.355. The molecule has 3 aromatic carbocycles. The summed E-state index contributed by atoms with van der Waals surface area (Å²) < 4.78 is 7.03. The molecule has 39 heavy (non-hydrogen) atoms. The van der Waals surface area contributed by atoms with Crippen LogP contribution in [0.25, 0.3) is 0 Å². The van der Waals surface area contributed by atoms with Crippen LogP contribution in [-0.2, 0) is 11.2 Å². The Kier molecular flexibility index (Phi) is 11.3. The predicted octanol–water partition coefficient (Wildman–Crippen LogP) is 6.31. The lowest BCUT2D eigenvalue weighted by Gasteiger charge is -2.31. The zero-order valence-electron chi connectivity index (χ0n) is 23.4. The van der Waals surface area contributed by atoms with Crippen molar-refractivity contribution in [2.24, 2.45) is 0 Å². The van der Waals surface area contributed by atoms with Crippen molar-refractivity contribution in [3.05, 3.63) is 90.0 Å². The number of aryl methyl sites for hydroxylation is 1. The number of ether oxygens (including phenoxy) is 1. The van der Waals surface area contributed by atoms with E-state index in [0.717, 1.165) is 23.4 Å². The van der Waals surface area contributed by atoms with Gasteiger partial charge in [-0.05, 0) is 76.6 Å². The lowest BCUT2D eigenvalue weighted by atomic mass is 10.1. The number of hydrogen-bond donors (Lipinski definition) is 3. The summed E-state index contributed by atoms with van der Waals surface area (Å²) in [5.74, 6) is 1.13. The lowest BCUT2D eigenvalue weighted by molar-refractivity contribution is -0.124. The van der Waals surface area contributed by atoms with Gasteiger partial charge in [-0.25, -0.2) is 4.79 Å². The molecule has 0 fully saturated rings. The number of urea groups is 1. The van der Waals surface area contributed by atoms with Crippen molar-refractivity contribution in [2.75, 3.05) is 18.4 Å². The number of nitrogens with one attached hydrogen (secondary N) is 2. The molecule has 0 saturated carbocycles. The minimum Gasteiger partial charge on any atom is -0.457 e. The van der Waals surface area contributed by atoms with Crippen molar-refractivity contribution in [2.45, 2.75) is 59.2 Å². The molecule has 8 heteroatoms. The Morgan fingerprint density at radius 2 is 1.41 bits per heavy atom. The predicted molar refractivity (Wildman–Crippen MR) is 161 cm³/mol. The van der Waals surface area contributed by atoms with Gasteiger partial charge in [0, 0.05) is 37.3 Å². The van der Waals surface area contributed by atoms with Crippen LogP contribution in [0.15, 0.2) is 78.9 Å². The van der Waals surface area contributed by atoms with E-state index >= 15 is 0 Å². The van der Waals surface area contributed by atoms with E-state index in [9.17, 15) is 9.59 Å². The van der Waals surface area contributed by atoms with Crippen LogP contribution in [0.1, 0.15) is 38.8 Å². The normalized spacial score (nSPS) is 11.9. The highest BCUT2D eigenvalue weighted by Gasteiger charge is 2.28. The van der Waals surface area contributed by atoms with Crippen LogP contribution < -0.4 is 15.4 Å². The van der Waals surface area contributed by atoms with Gasteiger partial charge < -0.3 is 15.4 Å². The summed E-state index contributed by atoms with van der Waals surface area (Å²) in [4.78, 5) is 28.7. The van der Waals surface area contributed by atoms with E-state index < -0.39 is 12.1 Å². The summed E-state index contributed by atoms with van der Waals surface area (Å²) in [5.41, 5.74) is 2.66. The van der Waals surface area contributed by atoms with Crippen LogP contribution in [0.4, 0.5) is 10.5 Å². The molecular formula is C31H40N4O3S. The highest BCUT2D eigenvalue weighted by Crippen LogP contribution is 2.24. The average Bonchev–Trinajstić information content (AvgIpc) is 2.91. The van der Waals surface area contributed by atoms with Crippen LogP contribution in [0.3, 0.4) is 0 Å². The van der Waals surface area contributed by atoms with E-state index in [1.807, 2.05) is 61.5 Å². The topological polar surface area (TPSA) is 73.9 Å². The van der Waals surface area contributed by atoms with Crippen molar-refractivity contribution >= 4 is 30.4 Å². The van der Waals surface area contributed by atoms with Gasteiger partial charge in [-0.15, -0.1) is 0 Å². The number of carbonyl (C=O) groups excluding carboxylic acids is 2. The summed E-state index contributed by atoms with van der Waals surface area (Å²) in [6.45, 7) is 11.8. The van der Waals surface area contributed by atoms with Crippen molar-refractivity contribution in [3.8, 4) is 11.5 Å². The molecule has 208 valence electrons. The number of rotatable bonds is 12. The van der Waals surface area contributed by atoms with Crippen LogP contribution in [0, 0.1) is 6.92 Å². The molecule has 0 bridgehead atoms. The smallest absolute Gasteiger partial charge is 0.332 e. The zero-order chi connectivity index (χ0) is 28.4. The molecule has 7 nitrogen and oxygen atoms in total. The first kappa shape index (κ1) is 30.1. The van der Waals surface area contributed by atoms with Crippen molar-refractivity contribution in [3.63, 3.8) is 0 Å². The molecule has 0 aliphatic carbocycles. The summed E-state index contributed by atoms with van der Waals surface area (Å²) in [6, 6.07) is 23.9. The highest BCUT2D eigenvalue weighted by molar-refractivity contribution is 7.78. The minimum atomic E-state index is -0.800. The molecule has 0 spiro atoms. The fourth-order valence-corrected chi connectivity index (χ4v) is 4.57. The van der Waals surface area contributed by atoms with E-state index in [1.165, 1.54) is 4.31 Å². The second-order valence-electron chi connectivity index (χ2n) is 10.1. The molecule has 3 amide bonds. The van der Waals surface area contributed by atoms with E-state index in [2.05, 4.69) is 56.0 Å². The molecule has 0 heterocycles. The molecule has 0 radical (unpaired) electrons. The first-order valence-corrected chi connectivity index (χ1v) is 13.7. The number of anilines is 1. The van der Waals surface area contributed by atoms with Gasteiger partial charge in [0.05, 0.1) is 0 Å². The number of nitrogens with zero attached hydrogens (tertiary/aromatic N) is 2. The summed E-state index contributed by atoms with van der Waals surface area (Å²) >= 11 is 4.47. The lowest BCUT2D eigenvalue weighted by Crippen LogP contribution is -2.50. The van der Waals surface area contributed by atoms with E-state index in [4.69, 9.17) is 4.74 Å². The summed E-state index contributed by atoms with van der Waals surface area (Å²) in [7, 11) is 0. The van der Waals surface area contributed by atoms with E-state index in [1.54, 1.807) is 24.3 Å². The van der Waals surface area contributed by atoms with Gasteiger partial charge >= 0.3 is 6.03 Å². The molecule has 1 atom stereocenters. The Bertz CT molecular complexity index is 1180. The highest BCUT2D eigenvalue weighted by atomic mass is 32.1. The zero-order valence-corrected chi connectivity index (χ0v) is 24.3. The first-order valence-electron chi connectivity index (χ1n) is 13.3. The second-order valence-corrected chi connectivity index (χ2v) is 10.6. The molecule has 0 saturated heterocycles. The Hall–Kier alpha value is -3.49. The quantitative estimate of drug-likeness (QED) is 0.232. The van der Waals surface area contributed by atoms with Crippen LogP contribution in [0.5, 0.6) is 11.5 Å². The third kappa shape index (κ3) is 9.33. The van der Waals surface area contributed by atoms with Gasteiger partial charge in [0.1, 0.15) is 17.5 Å². The number of carbonyl (C=O) groups is 2. The third-order valence-electron chi connectivity index (χ3n) is 6.44. The molecular weight excluding hydrogens is 508 g/mol. The largest absolute Gasteiger partial charge is 0.457 e. The summed E-state index contributed by atoms with van der Waals surface area (Å²) in [5, 5.41) is 5.84. The maximum Gasteiger partial charge on any atom is 0.332 e. The van der Waals surface area contributed by atoms with Gasteiger partial charge in [-0.3, -0.25) is 14.0 Å². The molecule has 2 N–H and O–H groups in total. The number of hydrogen-bond acceptors (Lipinski definition) is 5. The van der Waals surface area contributed by atoms with Crippen molar-refractivity contribution in [1.29, 1.82) is 0 Å². The molecule has 0 aromatic heterocycles. The van der Waals surface area contributed by atoms with E-state index in [-0.39, 0.29) is 5.91 Å². The Labute approximate surface area is 238 Å². The maximum atomic E-state index is 13.3. The SMILES string of the molecule is Cc1ccc(Oc2ccc(NC(=O)N(S)C(Cc3ccccc3)C(=O)NCCN(C(C)C)C(C)C)cc2)cc1. The number of benzene rings is 3. The fourth-order valence-electron chi connectivity index (χ4n) is 4.34. The number of thiol groups is 1. The van der Waals surface area contributed by atoms with Crippen LogP contribution in [0.2, 0.25) is 0 Å². The maximum absolute atomic E-state index is 13.3. The monoisotopic (exact) mass is 548 g/mol. The Balaban J connectivity index is 1.65. The van der Waals surface area contributed by atoms with Gasteiger partial charge in [0.2, 0.25) is 5.91 Å². The third-order valence-corrected chi connectivity index (χ3v) is 6.90. The second kappa shape index (κ2) is 14.6. The first-order chi connectivity index (χ1) is 18.6.